The topological polar surface area (TPSA) is 26.3 Å². The zero-order valence-electron chi connectivity index (χ0n) is 7.18. The fourth-order valence-corrected chi connectivity index (χ4v) is 2.66. The van der Waals surface area contributed by atoms with Crippen molar-refractivity contribution >= 4 is 14.6 Å². The summed E-state index contributed by atoms with van der Waals surface area (Å²) in [6.07, 6.45) is 1.20. The predicted molar refractivity (Wildman–Crippen MR) is 44.6 cm³/mol. The monoisotopic (exact) mass is 160 g/mol. The second-order valence-corrected chi connectivity index (χ2v) is 7.46. The number of carbonyl (C=O) groups excluding carboxylic acids is 1. The molecule has 60 valence electrons. The Morgan fingerprint density at radius 2 is 2.00 bits per heavy atom. The molecule has 0 rings (SSSR count). The van der Waals surface area contributed by atoms with Gasteiger partial charge in [0.05, 0.1) is 0 Å². The Balaban J connectivity index is 3.73. The molecule has 0 aliphatic heterocycles. The van der Waals surface area contributed by atoms with E-state index in [1.165, 1.54) is 0 Å². The zero-order chi connectivity index (χ0) is 8.20. The van der Waals surface area contributed by atoms with Crippen LogP contribution in [0.5, 0.6) is 0 Å². The lowest BCUT2D eigenvalue weighted by Gasteiger charge is -2.22. The molecule has 0 spiro atoms. The standard InChI is InChI=1S/C7H16O2Si/c1-7(2)9-10(3,4)6-5-8/h5,7H,6H2,1-4H3. The molecule has 0 radical (unpaired) electrons. The molecular weight excluding hydrogens is 144 g/mol. The summed E-state index contributed by atoms with van der Waals surface area (Å²) in [7, 11) is -1.63. The Morgan fingerprint density at radius 1 is 1.50 bits per heavy atom. The van der Waals surface area contributed by atoms with E-state index in [1.807, 2.05) is 13.8 Å². The van der Waals surface area contributed by atoms with Gasteiger partial charge in [0, 0.05) is 12.1 Å². The van der Waals surface area contributed by atoms with Gasteiger partial charge in [-0.15, -0.1) is 0 Å². The average molecular weight is 160 g/mol. The van der Waals surface area contributed by atoms with Gasteiger partial charge in [-0.3, -0.25) is 0 Å². The van der Waals surface area contributed by atoms with Crippen molar-refractivity contribution in [1.29, 1.82) is 0 Å². The van der Waals surface area contributed by atoms with Crippen molar-refractivity contribution < 1.29 is 9.22 Å². The predicted octanol–water partition coefficient (Wildman–Crippen LogP) is 1.82. The van der Waals surface area contributed by atoms with Gasteiger partial charge in [-0.1, -0.05) is 0 Å². The molecule has 0 heterocycles. The van der Waals surface area contributed by atoms with Crippen molar-refractivity contribution in [2.45, 2.75) is 39.1 Å². The molecule has 0 aromatic heterocycles. The van der Waals surface area contributed by atoms with Crippen molar-refractivity contribution in [3.63, 3.8) is 0 Å². The third kappa shape index (κ3) is 4.70. The number of aldehydes is 1. The first kappa shape index (κ1) is 9.85. The maximum atomic E-state index is 10.2. The van der Waals surface area contributed by atoms with E-state index in [0.717, 1.165) is 6.29 Å². The van der Waals surface area contributed by atoms with Crippen molar-refractivity contribution in [3.8, 4) is 0 Å². The minimum Gasteiger partial charge on any atom is -0.415 e. The minimum atomic E-state index is -1.63. The van der Waals surface area contributed by atoms with Crippen LogP contribution in [0.4, 0.5) is 0 Å². The van der Waals surface area contributed by atoms with E-state index in [1.54, 1.807) is 0 Å². The molecule has 0 N–H and O–H groups in total. The molecule has 3 heteroatoms. The summed E-state index contributed by atoms with van der Waals surface area (Å²) in [5.41, 5.74) is 0. The average Bonchev–Trinajstić information content (AvgIpc) is 1.59. The van der Waals surface area contributed by atoms with E-state index < -0.39 is 8.32 Å². The van der Waals surface area contributed by atoms with Crippen molar-refractivity contribution in [2.24, 2.45) is 0 Å². The number of hydrogen-bond acceptors (Lipinski definition) is 2. The quantitative estimate of drug-likeness (QED) is 0.463. The maximum Gasteiger partial charge on any atom is 0.194 e. The molecular formula is C7H16O2Si. The fourth-order valence-electron chi connectivity index (χ4n) is 0.887. The smallest absolute Gasteiger partial charge is 0.194 e. The molecule has 2 nitrogen and oxygen atoms in total. The first-order chi connectivity index (χ1) is 4.48. The number of hydrogen-bond donors (Lipinski definition) is 0. The Hall–Kier alpha value is -0.153. The summed E-state index contributed by atoms with van der Waals surface area (Å²) in [6, 6.07) is 0.602. The summed E-state index contributed by atoms with van der Waals surface area (Å²) >= 11 is 0. The highest BCUT2D eigenvalue weighted by molar-refractivity contribution is 6.73. The third-order valence-corrected chi connectivity index (χ3v) is 3.39. The fraction of sp³-hybridized carbons (Fsp3) is 0.857. The van der Waals surface area contributed by atoms with Gasteiger partial charge >= 0.3 is 0 Å². The van der Waals surface area contributed by atoms with Crippen LogP contribution in [0, 0.1) is 0 Å². The van der Waals surface area contributed by atoms with Crippen LogP contribution in [0.2, 0.25) is 19.1 Å². The molecule has 0 atom stereocenters. The van der Waals surface area contributed by atoms with E-state index in [2.05, 4.69) is 13.1 Å². The number of carbonyl (C=O) groups is 1. The van der Waals surface area contributed by atoms with Crippen LogP contribution in [-0.4, -0.2) is 20.7 Å². The molecule has 10 heavy (non-hydrogen) atoms. The number of rotatable bonds is 4. The molecule has 0 amide bonds. The van der Waals surface area contributed by atoms with Gasteiger partial charge in [0.2, 0.25) is 0 Å². The van der Waals surface area contributed by atoms with Crippen LogP contribution in [0.3, 0.4) is 0 Å². The van der Waals surface area contributed by atoms with Gasteiger partial charge in [0.25, 0.3) is 0 Å². The summed E-state index contributed by atoms with van der Waals surface area (Å²) < 4.78 is 5.59. The molecule has 0 saturated heterocycles. The van der Waals surface area contributed by atoms with Crippen LogP contribution in [-0.2, 0) is 9.22 Å². The first-order valence-electron chi connectivity index (χ1n) is 3.59. The van der Waals surface area contributed by atoms with E-state index in [4.69, 9.17) is 4.43 Å². The Labute approximate surface area is 63.7 Å². The van der Waals surface area contributed by atoms with Crippen molar-refractivity contribution in [3.05, 3.63) is 0 Å². The lowest BCUT2D eigenvalue weighted by atomic mass is 10.5. The summed E-state index contributed by atoms with van der Waals surface area (Å²) in [6.45, 7) is 8.11. The van der Waals surface area contributed by atoms with E-state index >= 15 is 0 Å². The summed E-state index contributed by atoms with van der Waals surface area (Å²) in [5, 5.41) is 0. The summed E-state index contributed by atoms with van der Waals surface area (Å²) in [4.78, 5) is 10.2. The van der Waals surface area contributed by atoms with E-state index in [9.17, 15) is 4.79 Å². The van der Waals surface area contributed by atoms with Crippen LogP contribution < -0.4 is 0 Å². The minimum absolute atomic E-state index is 0.251. The summed E-state index contributed by atoms with van der Waals surface area (Å²) in [5.74, 6) is 0. The molecule has 0 unspecified atom stereocenters. The molecule has 0 bridgehead atoms. The van der Waals surface area contributed by atoms with Crippen molar-refractivity contribution in [1.82, 2.24) is 0 Å². The van der Waals surface area contributed by atoms with Gasteiger partial charge in [-0.2, -0.15) is 0 Å². The lowest BCUT2D eigenvalue weighted by Crippen LogP contribution is -2.33. The molecule has 0 aliphatic rings. The van der Waals surface area contributed by atoms with E-state index in [0.29, 0.717) is 6.04 Å². The SMILES string of the molecule is CC(C)O[Si](C)(C)CC=O. The molecule has 0 aromatic carbocycles. The largest absolute Gasteiger partial charge is 0.415 e. The highest BCUT2D eigenvalue weighted by atomic mass is 28.4. The first-order valence-corrected chi connectivity index (χ1v) is 6.71. The Kier molecular flexibility index (Phi) is 3.82. The molecule has 0 aromatic rings. The van der Waals surface area contributed by atoms with Crippen LogP contribution >= 0.6 is 0 Å². The second kappa shape index (κ2) is 3.88. The van der Waals surface area contributed by atoms with Gasteiger partial charge in [0.1, 0.15) is 6.29 Å². The highest BCUT2D eigenvalue weighted by Crippen LogP contribution is 2.11. The van der Waals surface area contributed by atoms with E-state index in [-0.39, 0.29) is 6.10 Å². The van der Waals surface area contributed by atoms with Crippen LogP contribution in [0.1, 0.15) is 13.8 Å². The highest BCUT2D eigenvalue weighted by Gasteiger charge is 2.22. The normalized spacial score (nSPS) is 12.1. The van der Waals surface area contributed by atoms with Crippen molar-refractivity contribution in [2.75, 3.05) is 0 Å². The second-order valence-electron chi connectivity index (χ2n) is 3.30. The van der Waals surface area contributed by atoms with Crippen LogP contribution in [0.15, 0.2) is 0 Å². The molecule has 0 fully saturated rings. The maximum absolute atomic E-state index is 10.2. The van der Waals surface area contributed by atoms with Gasteiger partial charge in [-0.25, -0.2) is 0 Å². The third-order valence-electron chi connectivity index (χ3n) is 1.13. The molecule has 0 saturated carbocycles. The Bertz CT molecular complexity index is 110. The lowest BCUT2D eigenvalue weighted by molar-refractivity contribution is -0.106. The zero-order valence-corrected chi connectivity index (χ0v) is 8.18. The van der Waals surface area contributed by atoms with Gasteiger partial charge < -0.3 is 9.22 Å². The van der Waals surface area contributed by atoms with Crippen LogP contribution in [0.25, 0.3) is 0 Å². The van der Waals surface area contributed by atoms with Gasteiger partial charge in [0.15, 0.2) is 8.32 Å². The van der Waals surface area contributed by atoms with Gasteiger partial charge in [-0.05, 0) is 26.9 Å². The molecule has 0 aliphatic carbocycles. The Morgan fingerprint density at radius 3 is 2.30 bits per heavy atom.